The van der Waals surface area contributed by atoms with E-state index in [2.05, 4.69) is 28.9 Å². The molecule has 3 aromatic rings. The molecule has 0 saturated carbocycles. The minimum absolute atomic E-state index is 0.0221. The predicted molar refractivity (Wildman–Crippen MR) is 108 cm³/mol. The molecule has 4 rings (SSSR count). The van der Waals surface area contributed by atoms with Crippen LogP contribution >= 0.6 is 0 Å². The van der Waals surface area contributed by atoms with E-state index in [-0.39, 0.29) is 19.0 Å². The molecule has 0 fully saturated rings. The summed E-state index contributed by atoms with van der Waals surface area (Å²) >= 11 is 0. The van der Waals surface area contributed by atoms with E-state index in [4.69, 9.17) is 9.47 Å². The predicted octanol–water partition coefficient (Wildman–Crippen LogP) is 2.87. The standard InChI is InChI=1S/C22H24N2O4/c1-14-7-15(2)21-17(8-14)10-18(22(26)23-21)12-24(5-6-25)11-16-3-4-19-20(9-16)28-13-27-19/h3-4,7-10,25H,5-6,11-13H2,1-2H3,(H,23,26). The summed E-state index contributed by atoms with van der Waals surface area (Å²) in [6, 6.07) is 11.9. The van der Waals surface area contributed by atoms with Crippen LogP contribution in [0.1, 0.15) is 22.3 Å². The molecule has 0 aliphatic carbocycles. The van der Waals surface area contributed by atoms with E-state index in [9.17, 15) is 9.90 Å². The Bertz CT molecular complexity index is 1070. The zero-order valence-electron chi connectivity index (χ0n) is 16.1. The molecule has 1 aromatic heterocycles. The monoisotopic (exact) mass is 380 g/mol. The third-order valence-electron chi connectivity index (χ3n) is 5.02. The van der Waals surface area contributed by atoms with Crippen LogP contribution in [0.3, 0.4) is 0 Å². The summed E-state index contributed by atoms with van der Waals surface area (Å²) in [7, 11) is 0. The molecule has 2 N–H and O–H groups in total. The fourth-order valence-electron chi connectivity index (χ4n) is 3.74. The lowest BCUT2D eigenvalue weighted by molar-refractivity contribution is 0.173. The van der Waals surface area contributed by atoms with Crippen molar-refractivity contribution in [2.24, 2.45) is 0 Å². The van der Waals surface area contributed by atoms with Crippen molar-refractivity contribution >= 4 is 10.9 Å². The van der Waals surface area contributed by atoms with Crippen molar-refractivity contribution in [1.82, 2.24) is 9.88 Å². The number of aromatic nitrogens is 1. The summed E-state index contributed by atoms with van der Waals surface area (Å²) in [4.78, 5) is 17.7. The number of fused-ring (bicyclic) bond motifs is 2. The molecule has 0 amide bonds. The van der Waals surface area contributed by atoms with Gasteiger partial charge in [0.1, 0.15) is 0 Å². The highest BCUT2D eigenvalue weighted by atomic mass is 16.7. The Labute approximate surface area is 163 Å². The molecule has 6 heteroatoms. The molecule has 0 saturated heterocycles. The number of nitrogens with zero attached hydrogens (tertiary/aromatic N) is 1. The average molecular weight is 380 g/mol. The van der Waals surface area contributed by atoms with Crippen LogP contribution in [0.15, 0.2) is 41.2 Å². The maximum Gasteiger partial charge on any atom is 0.252 e. The number of aliphatic hydroxyl groups is 1. The molecule has 0 unspecified atom stereocenters. The van der Waals surface area contributed by atoms with Gasteiger partial charge < -0.3 is 19.6 Å². The third-order valence-corrected chi connectivity index (χ3v) is 5.02. The van der Waals surface area contributed by atoms with E-state index in [1.54, 1.807) is 0 Å². The number of ether oxygens (including phenoxy) is 2. The Hall–Kier alpha value is -2.83. The highest BCUT2D eigenvalue weighted by Gasteiger charge is 2.16. The lowest BCUT2D eigenvalue weighted by Crippen LogP contribution is -2.29. The van der Waals surface area contributed by atoms with Crippen LogP contribution in [-0.2, 0) is 13.1 Å². The van der Waals surface area contributed by atoms with Crippen LogP contribution in [-0.4, -0.2) is 34.9 Å². The van der Waals surface area contributed by atoms with Gasteiger partial charge in [0.05, 0.1) is 12.1 Å². The molecular weight excluding hydrogens is 356 g/mol. The summed E-state index contributed by atoms with van der Waals surface area (Å²) in [5.74, 6) is 1.48. The second-order valence-electron chi connectivity index (χ2n) is 7.29. The summed E-state index contributed by atoms with van der Waals surface area (Å²) in [5, 5.41) is 10.5. The molecular formula is C22H24N2O4. The summed E-state index contributed by atoms with van der Waals surface area (Å²) < 4.78 is 10.8. The number of aliphatic hydroxyl groups excluding tert-OH is 1. The Morgan fingerprint density at radius 2 is 1.89 bits per heavy atom. The zero-order chi connectivity index (χ0) is 19.7. The molecule has 0 spiro atoms. The van der Waals surface area contributed by atoms with Crippen LogP contribution in [0.2, 0.25) is 0 Å². The number of hydrogen-bond acceptors (Lipinski definition) is 5. The Morgan fingerprint density at radius 1 is 1.07 bits per heavy atom. The fraction of sp³-hybridized carbons (Fsp3) is 0.318. The SMILES string of the molecule is Cc1cc(C)c2[nH]c(=O)c(CN(CCO)Cc3ccc4c(c3)OCO4)cc2c1. The van der Waals surface area contributed by atoms with Gasteiger partial charge in [0, 0.05) is 25.2 Å². The first-order chi connectivity index (χ1) is 13.5. The smallest absolute Gasteiger partial charge is 0.252 e. The number of benzene rings is 2. The van der Waals surface area contributed by atoms with E-state index in [0.29, 0.717) is 25.2 Å². The van der Waals surface area contributed by atoms with Crippen molar-refractivity contribution in [3.63, 3.8) is 0 Å². The van der Waals surface area contributed by atoms with Gasteiger partial charge in [0.2, 0.25) is 6.79 Å². The van der Waals surface area contributed by atoms with Gasteiger partial charge in [-0.25, -0.2) is 0 Å². The number of rotatable bonds is 6. The molecule has 0 radical (unpaired) electrons. The molecule has 2 aromatic carbocycles. The Kier molecular flexibility index (Phi) is 5.07. The maximum atomic E-state index is 12.6. The highest BCUT2D eigenvalue weighted by Crippen LogP contribution is 2.32. The number of aryl methyl sites for hydroxylation is 2. The molecule has 1 aliphatic rings. The first kappa shape index (κ1) is 18.5. The minimum atomic E-state index is -0.0897. The second kappa shape index (κ2) is 7.66. The van der Waals surface area contributed by atoms with E-state index >= 15 is 0 Å². The van der Waals surface area contributed by atoms with Crippen LogP contribution in [0.25, 0.3) is 10.9 Å². The van der Waals surface area contributed by atoms with Crippen molar-refractivity contribution in [2.75, 3.05) is 19.9 Å². The van der Waals surface area contributed by atoms with Gasteiger partial charge in [-0.1, -0.05) is 17.7 Å². The lowest BCUT2D eigenvalue weighted by atomic mass is 10.0. The van der Waals surface area contributed by atoms with Crippen LogP contribution in [0.5, 0.6) is 11.5 Å². The average Bonchev–Trinajstić information content (AvgIpc) is 3.11. The zero-order valence-corrected chi connectivity index (χ0v) is 16.1. The molecule has 0 atom stereocenters. The molecule has 2 heterocycles. The first-order valence-electron chi connectivity index (χ1n) is 9.38. The van der Waals surface area contributed by atoms with Gasteiger partial charge in [-0.3, -0.25) is 9.69 Å². The molecule has 0 bridgehead atoms. The normalized spacial score (nSPS) is 12.9. The van der Waals surface area contributed by atoms with Crippen LogP contribution in [0, 0.1) is 13.8 Å². The fourth-order valence-corrected chi connectivity index (χ4v) is 3.74. The van der Waals surface area contributed by atoms with Gasteiger partial charge in [-0.2, -0.15) is 0 Å². The first-order valence-corrected chi connectivity index (χ1v) is 9.38. The summed E-state index contributed by atoms with van der Waals surface area (Å²) in [6.45, 7) is 5.84. The third kappa shape index (κ3) is 3.74. The van der Waals surface area contributed by atoms with Crippen LogP contribution in [0.4, 0.5) is 0 Å². The molecule has 1 aliphatic heterocycles. The Morgan fingerprint density at radius 3 is 2.71 bits per heavy atom. The summed E-state index contributed by atoms with van der Waals surface area (Å²) in [6.07, 6.45) is 0. The topological polar surface area (TPSA) is 74.8 Å². The maximum absolute atomic E-state index is 12.6. The second-order valence-corrected chi connectivity index (χ2v) is 7.29. The van der Waals surface area contributed by atoms with Gasteiger partial charge >= 0.3 is 0 Å². The highest BCUT2D eigenvalue weighted by molar-refractivity contribution is 5.82. The van der Waals surface area contributed by atoms with Crippen LogP contribution < -0.4 is 15.0 Å². The molecule has 6 nitrogen and oxygen atoms in total. The minimum Gasteiger partial charge on any atom is -0.454 e. The van der Waals surface area contributed by atoms with Gasteiger partial charge in [0.25, 0.3) is 5.56 Å². The number of nitrogens with one attached hydrogen (secondary N) is 1. The molecule has 146 valence electrons. The van der Waals surface area contributed by atoms with E-state index < -0.39 is 0 Å². The van der Waals surface area contributed by atoms with Crippen molar-refractivity contribution in [3.8, 4) is 11.5 Å². The van der Waals surface area contributed by atoms with Crippen molar-refractivity contribution < 1.29 is 14.6 Å². The Balaban J connectivity index is 1.61. The number of H-pyrrole nitrogens is 1. The number of aromatic amines is 1. The quantitative estimate of drug-likeness (QED) is 0.688. The lowest BCUT2D eigenvalue weighted by Gasteiger charge is -2.21. The van der Waals surface area contributed by atoms with Crippen molar-refractivity contribution in [3.05, 3.63) is 69.0 Å². The van der Waals surface area contributed by atoms with E-state index in [1.807, 2.05) is 31.2 Å². The van der Waals surface area contributed by atoms with E-state index in [0.717, 1.165) is 39.1 Å². The van der Waals surface area contributed by atoms with Gasteiger partial charge in [-0.05, 0) is 54.6 Å². The number of hydrogen-bond donors (Lipinski definition) is 2. The van der Waals surface area contributed by atoms with Crippen molar-refractivity contribution in [2.45, 2.75) is 26.9 Å². The van der Waals surface area contributed by atoms with Crippen molar-refractivity contribution in [1.29, 1.82) is 0 Å². The largest absolute Gasteiger partial charge is 0.454 e. The summed E-state index contributed by atoms with van der Waals surface area (Å²) in [5.41, 5.74) is 4.74. The number of pyridine rings is 1. The van der Waals surface area contributed by atoms with Gasteiger partial charge in [-0.15, -0.1) is 0 Å². The molecule has 28 heavy (non-hydrogen) atoms. The van der Waals surface area contributed by atoms with E-state index in [1.165, 1.54) is 0 Å². The van der Waals surface area contributed by atoms with Gasteiger partial charge in [0.15, 0.2) is 11.5 Å².